The number of halogens is 1. The molecule has 0 aliphatic carbocycles. The molecule has 1 aromatic heterocycles. The van der Waals surface area contributed by atoms with Crippen LogP contribution in [0.5, 0.6) is 0 Å². The molecule has 0 saturated carbocycles. The maximum absolute atomic E-state index is 12.9. The van der Waals surface area contributed by atoms with E-state index in [1.54, 1.807) is 19.2 Å². The molecule has 6 nitrogen and oxygen atoms in total. The van der Waals surface area contributed by atoms with Gasteiger partial charge in [-0.1, -0.05) is 12.1 Å². The van der Waals surface area contributed by atoms with Gasteiger partial charge in [0, 0.05) is 31.4 Å². The molecule has 0 spiro atoms. The fraction of sp³-hybridized carbons (Fsp3) is 0.235. The Morgan fingerprint density at radius 3 is 2.50 bits per heavy atom. The van der Waals surface area contributed by atoms with Crippen molar-refractivity contribution in [2.24, 2.45) is 18.7 Å². The second kappa shape index (κ2) is 7.54. The summed E-state index contributed by atoms with van der Waals surface area (Å²) in [5.41, 5.74) is 6.01. The molecule has 1 aromatic carbocycles. The van der Waals surface area contributed by atoms with Gasteiger partial charge >= 0.3 is 0 Å². The van der Waals surface area contributed by atoms with Gasteiger partial charge in [0.1, 0.15) is 5.82 Å². The van der Waals surface area contributed by atoms with Crippen molar-refractivity contribution in [3.63, 3.8) is 0 Å². The first-order valence-corrected chi connectivity index (χ1v) is 7.35. The van der Waals surface area contributed by atoms with Crippen LogP contribution in [0.15, 0.2) is 47.4 Å². The van der Waals surface area contributed by atoms with Crippen molar-refractivity contribution in [1.29, 1.82) is 0 Å². The van der Waals surface area contributed by atoms with Crippen molar-refractivity contribution in [1.82, 2.24) is 9.88 Å². The lowest BCUT2D eigenvalue weighted by Crippen LogP contribution is -2.37. The molecule has 0 saturated heterocycles. The van der Waals surface area contributed by atoms with Crippen LogP contribution in [0.25, 0.3) is 0 Å². The van der Waals surface area contributed by atoms with Crippen LogP contribution in [0.2, 0.25) is 0 Å². The lowest BCUT2D eigenvalue weighted by Gasteiger charge is -2.14. The Kier molecular flexibility index (Phi) is 5.47. The van der Waals surface area contributed by atoms with Crippen LogP contribution in [0.3, 0.4) is 0 Å². The summed E-state index contributed by atoms with van der Waals surface area (Å²) in [6, 6.07) is 8.45. The van der Waals surface area contributed by atoms with Crippen LogP contribution in [0.4, 0.5) is 4.39 Å². The number of nitrogens with two attached hydrogens (primary N) is 1. The van der Waals surface area contributed by atoms with Crippen LogP contribution in [-0.4, -0.2) is 22.9 Å². The number of nitrogens with zero attached hydrogens (tertiary/aromatic N) is 1. The van der Waals surface area contributed by atoms with Gasteiger partial charge in [-0.3, -0.25) is 14.4 Å². The standard InChI is InChI=1S/C17H18FN3O3/c1-21-7-6-12(9-15(21)22)17(24)20-10-13(16(19)23)8-11-2-4-14(18)5-3-11/h2-7,9,13H,8,10H2,1H3,(H2,19,23)(H,20,24)/t13-/m1/s1. The van der Waals surface area contributed by atoms with Crippen molar-refractivity contribution in [3.05, 3.63) is 69.9 Å². The molecular weight excluding hydrogens is 313 g/mol. The maximum atomic E-state index is 12.9. The monoisotopic (exact) mass is 331 g/mol. The van der Waals surface area contributed by atoms with E-state index in [9.17, 15) is 18.8 Å². The van der Waals surface area contributed by atoms with Crippen molar-refractivity contribution in [2.75, 3.05) is 6.54 Å². The fourth-order valence-electron chi connectivity index (χ4n) is 2.19. The molecular formula is C17H18FN3O3. The van der Waals surface area contributed by atoms with Crippen LogP contribution in [0.1, 0.15) is 15.9 Å². The van der Waals surface area contributed by atoms with Crippen LogP contribution >= 0.6 is 0 Å². The Labute approximate surface area is 138 Å². The first-order valence-electron chi connectivity index (χ1n) is 7.35. The summed E-state index contributed by atoms with van der Waals surface area (Å²) in [7, 11) is 1.58. The van der Waals surface area contributed by atoms with Crippen molar-refractivity contribution < 1.29 is 14.0 Å². The second-order valence-electron chi connectivity index (χ2n) is 5.50. The van der Waals surface area contributed by atoms with Gasteiger partial charge in [-0.05, 0) is 30.2 Å². The zero-order valence-corrected chi connectivity index (χ0v) is 13.2. The summed E-state index contributed by atoms with van der Waals surface area (Å²) < 4.78 is 14.3. The summed E-state index contributed by atoms with van der Waals surface area (Å²) in [4.78, 5) is 35.2. The zero-order valence-electron chi connectivity index (χ0n) is 13.2. The number of primary amides is 1. The largest absolute Gasteiger partial charge is 0.369 e. The van der Waals surface area contributed by atoms with Gasteiger partial charge in [-0.2, -0.15) is 0 Å². The molecule has 1 atom stereocenters. The van der Waals surface area contributed by atoms with E-state index in [-0.39, 0.29) is 29.9 Å². The van der Waals surface area contributed by atoms with E-state index in [4.69, 9.17) is 5.73 Å². The van der Waals surface area contributed by atoms with Crippen LogP contribution in [0, 0.1) is 11.7 Å². The lowest BCUT2D eigenvalue weighted by molar-refractivity contribution is -0.121. The molecule has 2 aromatic rings. The predicted octanol–water partition coefficient (Wildman–Crippen LogP) is 0.598. The second-order valence-corrected chi connectivity index (χ2v) is 5.50. The Morgan fingerprint density at radius 1 is 1.25 bits per heavy atom. The van der Waals surface area contributed by atoms with Crippen LogP contribution < -0.4 is 16.6 Å². The fourth-order valence-corrected chi connectivity index (χ4v) is 2.19. The number of rotatable bonds is 6. The van der Waals surface area contributed by atoms with Crippen molar-refractivity contribution in [2.45, 2.75) is 6.42 Å². The Morgan fingerprint density at radius 2 is 1.92 bits per heavy atom. The van der Waals surface area contributed by atoms with Gasteiger partial charge in [0.25, 0.3) is 11.5 Å². The minimum absolute atomic E-state index is 0.0285. The number of hydrogen-bond acceptors (Lipinski definition) is 3. The van der Waals surface area contributed by atoms with Gasteiger partial charge in [0.15, 0.2) is 0 Å². The lowest BCUT2D eigenvalue weighted by atomic mass is 9.98. The normalized spacial score (nSPS) is 11.8. The third-order valence-corrected chi connectivity index (χ3v) is 3.67. The minimum atomic E-state index is -0.633. The molecule has 0 unspecified atom stereocenters. The van der Waals surface area contributed by atoms with E-state index in [0.29, 0.717) is 0 Å². The van der Waals surface area contributed by atoms with Gasteiger partial charge in [0.05, 0.1) is 5.92 Å². The highest BCUT2D eigenvalue weighted by atomic mass is 19.1. The zero-order chi connectivity index (χ0) is 17.7. The highest BCUT2D eigenvalue weighted by molar-refractivity contribution is 5.94. The number of nitrogens with one attached hydrogen (secondary N) is 1. The summed E-state index contributed by atoms with van der Waals surface area (Å²) in [5, 5.41) is 2.60. The molecule has 3 N–H and O–H groups in total. The van der Waals surface area contributed by atoms with Crippen molar-refractivity contribution in [3.8, 4) is 0 Å². The van der Waals surface area contributed by atoms with Gasteiger partial charge in [-0.15, -0.1) is 0 Å². The average Bonchev–Trinajstić information content (AvgIpc) is 2.55. The number of carbonyl (C=O) groups is 2. The maximum Gasteiger partial charge on any atom is 0.251 e. The third-order valence-electron chi connectivity index (χ3n) is 3.67. The molecule has 1 heterocycles. The SMILES string of the molecule is Cn1ccc(C(=O)NC[C@@H](Cc2ccc(F)cc2)C(N)=O)cc1=O. The third kappa shape index (κ3) is 4.52. The predicted molar refractivity (Wildman–Crippen MR) is 86.8 cm³/mol. The van der Waals surface area contributed by atoms with E-state index in [1.165, 1.54) is 35.0 Å². The van der Waals surface area contributed by atoms with Crippen LogP contribution in [-0.2, 0) is 18.3 Å². The number of aromatic nitrogens is 1. The Hall–Kier alpha value is -2.96. The molecule has 0 fully saturated rings. The summed E-state index contributed by atoms with van der Waals surface area (Å²) in [6.07, 6.45) is 1.77. The highest BCUT2D eigenvalue weighted by Crippen LogP contribution is 2.10. The Bertz CT molecular complexity index is 799. The number of amides is 2. The van der Waals surface area contributed by atoms with Crippen molar-refractivity contribution >= 4 is 11.8 Å². The molecule has 2 rings (SSSR count). The van der Waals surface area contributed by atoms with Gasteiger partial charge in [-0.25, -0.2) is 4.39 Å². The number of pyridine rings is 1. The molecule has 24 heavy (non-hydrogen) atoms. The number of aryl methyl sites for hydroxylation is 1. The van der Waals surface area contributed by atoms with Gasteiger partial charge < -0.3 is 15.6 Å². The van der Waals surface area contributed by atoms with E-state index >= 15 is 0 Å². The quantitative estimate of drug-likeness (QED) is 0.811. The average molecular weight is 331 g/mol. The molecule has 0 bridgehead atoms. The number of benzene rings is 1. The molecule has 0 aliphatic heterocycles. The topological polar surface area (TPSA) is 94.2 Å². The molecule has 126 valence electrons. The summed E-state index contributed by atoms with van der Waals surface area (Å²) >= 11 is 0. The summed E-state index contributed by atoms with van der Waals surface area (Å²) in [6.45, 7) is 0.0285. The number of carbonyl (C=O) groups excluding carboxylic acids is 2. The number of hydrogen-bond donors (Lipinski definition) is 2. The molecule has 0 aliphatic rings. The van der Waals surface area contributed by atoms with E-state index in [1.807, 2.05) is 0 Å². The smallest absolute Gasteiger partial charge is 0.251 e. The van der Waals surface area contributed by atoms with E-state index in [2.05, 4.69) is 5.32 Å². The van der Waals surface area contributed by atoms with Gasteiger partial charge in [0.2, 0.25) is 5.91 Å². The summed E-state index contributed by atoms with van der Waals surface area (Å²) in [5.74, 6) is -2.03. The first-order chi connectivity index (χ1) is 11.4. The molecule has 7 heteroatoms. The highest BCUT2D eigenvalue weighted by Gasteiger charge is 2.18. The van der Waals surface area contributed by atoms with E-state index < -0.39 is 17.7 Å². The first kappa shape index (κ1) is 17.4. The Balaban J connectivity index is 2.01. The molecule has 0 radical (unpaired) electrons. The molecule has 2 amide bonds. The minimum Gasteiger partial charge on any atom is -0.369 e. The van der Waals surface area contributed by atoms with E-state index in [0.717, 1.165) is 5.56 Å².